The number of carbonyl (C=O) groups excluding carboxylic acids is 1. The van der Waals surface area contributed by atoms with Crippen LogP contribution >= 0.6 is 0 Å². The largest absolute Gasteiger partial charge is 0.492 e. The van der Waals surface area contributed by atoms with Crippen molar-refractivity contribution in [3.8, 4) is 5.75 Å². The van der Waals surface area contributed by atoms with Crippen molar-refractivity contribution in [3.05, 3.63) is 65.7 Å². The Morgan fingerprint density at radius 3 is 2.63 bits per heavy atom. The lowest BCUT2D eigenvalue weighted by molar-refractivity contribution is -0.123. The van der Waals surface area contributed by atoms with Crippen LogP contribution in [0.15, 0.2) is 54.6 Å². The van der Waals surface area contributed by atoms with E-state index in [1.807, 2.05) is 30.3 Å². The van der Waals surface area contributed by atoms with Crippen LogP contribution in [0, 0.1) is 0 Å². The van der Waals surface area contributed by atoms with Gasteiger partial charge in [0, 0.05) is 12.1 Å². The van der Waals surface area contributed by atoms with Gasteiger partial charge in [0.05, 0.1) is 13.1 Å². The van der Waals surface area contributed by atoms with Gasteiger partial charge in [-0.3, -0.25) is 9.69 Å². The van der Waals surface area contributed by atoms with Gasteiger partial charge in [-0.25, -0.2) is 0 Å². The number of hydrogen-bond donors (Lipinski definition) is 1. The van der Waals surface area contributed by atoms with Gasteiger partial charge in [0.25, 0.3) is 0 Å². The molecule has 1 unspecified atom stereocenters. The third-order valence-corrected chi connectivity index (χ3v) is 5.52. The minimum absolute atomic E-state index is 0.0987. The van der Waals surface area contributed by atoms with Crippen molar-refractivity contribution in [2.24, 2.45) is 0 Å². The molecule has 2 aliphatic carbocycles. The number of ether oxygens (including phenoxy) is 1. The third kappa shape index (κ3) is 4.69. The van der Waals surface area contributed by atoms with Gasteiger partial charge in [0.15, 0.2) is 0 Å². The van der Waals surface area contributed by atoms with Gasteiger partial charge in [-0.15, -0.1) is 0 Å². The lowest BCUT2D eigenvalue weighted by Crippen LogP contribution is -2.42. The van der Waals surface area contributed by atoms with Gasteiger partial charge < -0.3 is 10.1 Å². The summed E-state index contributed by atoms with van der Waals surface area (Å²) in [6.45, 7) is 1.51. The van der Waals surface area contributed by atoms with E-state index in [0.717, 1.165) is 18.6 Å². The summed E-state index contributed by atoms with van der Waals surface area (Å²) in [5.41, 5.74) is 2.88. The minimum atomic E-state index is 0.0987. The zero-order valence-corrected chi connectivity index (χ0v) is 15.8. The monoisotopic (exact) mass is 364 g/mol. The SMILES string of the molecule is O=C(CN(C1CC1)C1CCCc2ccccc21)NCCOc1ccccc1. The molecular formula is C23H28N2O2. The Hall–Kier alpha value is -2.33. The van der Waals surface area contributed by atoms with Crippen LogP contribution in [0.1, 0.15) is 42.9 Å². The molecule has 0 heterocycles. The summed E-state index contributed by atoms with van der Waals surface area (Å²) < 4.78 is 5.66. The number of rotatable bonds is 8. The number of carbonyl (C=O) groups is 1. The molecule has 0 saturated heterocycles. The number of amides is 1. The molecule has 4 heteroatoms. The number of para-hydroxylation sites is 1. The highest BCUT2D eigenvalue weighted by Crippen LogP contribution is 2.40. The molecule has 0 spiro atoms. The second kappa shape index (κ2) is 8.57. The van der Waals surface area contributed by atoms with Crippen molar-refractivity contribution in [1.82, 2.24) is 10.2 Å². The molecule has 1 atom stereocenters. The van der Waals surface area contributed by atoms with E-state index in [-0.39, 0.29) is 5.91 Å². The zero-order chi connectivity index (χ0) is 18.5. The highest BCUT2D eigenvalue weighted by molar-refractivity contribution is 5.78. The Morgan fingerprint density at radius 2 is 1.81 bits per heavy atom. The number of nitrogens with one attached hydrogen (secondary N) is 1. The zero-order valence-electron chi connectivity index (χ0n) is 15.8. The average molecular weight is 364 g/mol. The van der Waals surface area contributed by atoms with E-state index in [0.29, 0.717) is 31.8 Å². The molecule has 4 nitrogen and oxygen atoms in total. The molecule has 2 aromatic carbocycles. The van der Waals surface area contributed by atoms with Crippen LogP contribution in [0.3, 0.4) is 0 Å². The molecule has 0 radical (unpaired) electrons. The normalized spacial score (nSPS) is 18.8. The summed E-state index contributed by atoms with van der Waals surface area (Å²) in [5.74, 6) is 0.937. The second-order valence-electron chi connectivity index (χ2n) is 7.52. The third-order valence-electron chi connectivity index (χ3n) is 5.52. The first-order chi connectivity index (χ1) is 13.3. The molecule has 1 N–H and O–H groups in total. The molecule has 142 valence electrons. The predicted octanol–water partition coefficient (Wildman–Crippen LogP) is 3.72. The van der Waals surface area contributed by atoms with Crippen molar-refractivity contribution < 1.29 is 9.53 Å². The van der Waals surface area contributed by atoms with E-state index in [1.165, 1.54) is 30.4 Å². The van der Waals surface area contributed by atoms with Gasteiger partial charge in [0.2, 0.25) is 5.91 Å². The second-order valence-corrected chi connectivity index (χ2v) is 7.52. The van der Waals surface area contributed by atoms with E-state index in [2.05, 4.69) is 34.5 Å². The minimum Gasteiger partial charge on any atom is -0.492 e. The first-order valence-corrected chi connectivity index (χ1v) is 10.1. The molecule has 2 aromatic rings. The Morgan fingerprint density at radius 1 is 1.04 bits per heavy atom. The number of fused-ring (bicyclic) bond motifs is 1. The first-order valence-electron chi connectivity index (χ1n) is 10.1. The van der Waals surface area contributed by atoms with Crippen LogP contribution in [0.2, 0.25) is 0 Å². The van der Waals surface area contributed by atoms with Crippen LogP contribution in [0.25, 0.3) is 0 Å². The quantitative estimate of drug-likeness (QED) is 0.726. The van der Waals surface area contributed by atoms with Gasteiger partial charge in [-0.1, -0.05) is 42.5 Å². The van der Waals surface area contributed by atoms with Crippen molar-refractivity contribution in [3.63, 3.8) is 0 Å². The van der Waals surface area contributed by atoms with Gasteiger partial charge in [0.1, 0.15) is 12.4 Å². The van der Waals surface area contributed by atoms with Gasteiger partial charge >= 0.3 is 0 Å². The standard InChI is InChI=1S/C23H28N2O2/c26-23(24-15-16-27-20-9-2-1-3-10-20)17-25(19-13-14-19)22-12-6-8-18-7-4-5-11-21(18)22/h1-5,7,9-11,19,22H,6,8,12-17H2,(H,24,26). The molecule has 4 rings (SSSR count). The van der Waals surface area contributed by atoms with E-state index >= 15 is 0 Å². The first kappa shape index (κ1) is 18.1. The fraction of sp³-hybridized carbons (Fsp3) is 0.435. The van der Waals surface area contributed by atoms with Gasteiger partial charge in [-0.05, 0) is 55.4 Å². The summed E-state index contributed by atoms with van der Waals surface area (Å²) in [4.78, 5) is 15.0. The fourth-order valence-electron chi connectivity index (χ4n) is 4.07. The Bertz CT molecular complexity index is 758. The van der Waals surface area contributed by atoms with Crippen molar-refractivity contribution in [1.29, 1.82) is 0 Å². The smallest absolute Gasteiger partial charge is 0.234 e. The van der Waals surface area contributed by atoms with Crippen LogP contribution in [0.4, 0.5) is 0 Å². The number of aryl methyl sites for hydroxylation is 1. The molecule has 1 fully saturated rings. The highest BCUT2D eigenvalue weighted by atomic mass is 16.5. The lowest BCUT2D eigenvalue weighted by Gasteiger charge is -2.35. The molecule has 0 aromatic heterocycles. The molecule has 1 amide bonds. The summed E-state index contributed by atoms with van der Waals surface area (Å²) in [5, 5.41) is 3.02. The molecule has 0 bridgehead atoms. The summed E-state index contributed by atoms with van der Waals surface area (Å²) in [6, 6.07) is 19.4. The Labute approximate surface area is 161 Å². The predicted molar refractivity (Wildman–Crippen MR) is 107 cm³/mol. The van der Waals surface area contributed by atoms with Crippen LogP contribution in [-0.4, -0.2) is 36.5 Å². The molecule has 0 aliphatic heterocycles. The summed E-state index contributed by atoms with van der Waals surface area (Å²) in [7, 11) is 0. The van der Waals surface area contributed by atoms with Gasteiger partial charge in [-0.2, -0.15) is 0 Å². The van der Waals surface area contributed by atoms with Crippen LogP contribution in [0.5, 0.6) is 5.75 Å². The maximum Gasteiger partial charge on any atom is 0.234 e. The maximum atomic E-state index is 12.5. The molecular weight excluding hydrogens is 336 g/mol. The van der Waals surface area contributed by atoms with E-state index in [9.17, 15) is 4.79 Å². The fourth-order valence-corrected chi connectivity index (χ4v) is 4.07. The Balaban J connectivity index is 1.31. The van der Waals surface area contributed by atoms with E-state index in [4.69, 9.17) is 4.74 Å². The topological polar surface area (TPSA) is 41.6 Å². The maximum absolute atomic E-state index is 12.5. The summed E-state index contributed by atoms with van der Waals surface area (Å²) in [6.07, 6.45) is 5.94. The lowest BCUT2D eigenvalue weighted by atomic mass is 9.86. The van der Waals surface area contributed by atoms with Crippen molar-refractivity contribution >= 4 is 5.91 Å². The van der Waals surface area contributed by atoms with E-state index < -0.39 is 0 Å². The average Bonchev–Trinajstić information content (AvgIpc) is 3.55. The van der Waals surface area contributed by atoms with Crippen LogP contribution in [-0.2, 0) is 11.2 Å². The molecule has 1 saturated carbocycles. The Kier molecular flexibility index (Phi) is 5.73. The number of nitrogens with zero attached hydrogens (tertiary/aromatic N) is 1. The van der Waals surface area contributed by atoms with Crippen molar-refractivity contribution in [2.45, 2.75) is 44.2 Å². The highest BCUT2D eigenvalue weighted by Gasteiger charge is 2.37. The molecule has 2 aliphatic rings. The number of hydrogen-bond acceptors (Lipinski definition) is 3. The van der Waals surface area contributed by atoms with E-state index in [1.54, 1.807) is 0 Å². The molecule has 27 heavy (non-hydrogen) atoms. The van der Waals surface area contributed by atoms with Crippen molar-refractivity contribution in [2.75, 3.05) is 19.7 Å². The van der Waals surface area contributed by atoms with Crippen LogP contribution < -0.4 is 10.1 Å². The summed E-state index contributed by atoms with van der Waals surface area (Å²) >= 11 is 0. The number of benzene rings is 2.